The largest absolute Gasteiger partial charge is 0.355 e. The summed E-state index contributed by atoms with van der Waals surface area (Å²) in [5.41, 5.74) is 6.30. The molecule has 0 atom stereocenters. The fraction of sp³-hybridized carbons (Fsp3) is 0.0385. The second-order valence-electron chi connectivity index (χ2n) is 7.23. The van der Waals surface area contributed by atoms with Crippen LogP contribution in [-0.4, -0.2) is 10.1 Å². The predicted molar refractivity (Wildman–Crippen MR) is 125 cm³/mol. The summed E-state index contributed by atoms with van der Waals surface area (Å²) in [4.78, 5) is 4.69. The van der Waals surface area contributed by atoms with Gasteiger partial charge in [0.15, 0.2) is 5.76 Å². The molecule has 148 valence electrons. The van der Waals surface area contributed by atoms with E-state index in [4.69, 9.17) is 9.51 Å². The van der Waals surface area contributed by atoms with Gasteiger partial charge in [0.2, 0.25) is 0 Å². The SMILES string of the molecule is Cc1ccc(-c2csc(C(C#N)=Cc3ccc4noc(-c5ccccc5)c4c3)n2)cc1. The molecule has 0 aliphatic carbocycles. The van der Waals surface area contributed by atoms with Gasteiger partial charge < -0.3 is 4.52 Å². The van der Waals surface area contributed by atoms with E-state index in [-0.39, 0.29) is 0 Å². The summed E-state index contributed by atoms with van der Waals surface area (Å²) >= 11 is 1.47. The molecular weight excluding hydrogens is 402 g/mol. The minimum Gasteiger partial charge on any atom is -0.355 e. The Kier molecular flexibility index (Phi) is 4.91. The fourth-order valence-electron chi connectivity index (χ4n) is 3.41. The third-order valence-electron chi connectivity index (χ3n) is 5.05. The van der Waals surface area contributed by atoms with Crippen LogP contribution in [0.4, 0.5) is 0 Å². The molecule has 0 aliphatic rings. The Morgan fingerprint density at radius 2 is 1.81 bits per heavy atom. The molecule has 3 aromatic carbocycles. The molecule has 5 aromatic rings. The Hall–Kier alpha value is -4.01. The van der Waals surface area contributed by atoms with Crippen molar-refractivity contribution in [3.05, 3.63) is 94.3 Å². The molecule has 2 heterocycles. The monoisotopic (exact) mass is 419 g/mol. The Morgan fingerprint density at radius 3 is 2.58 bits per heavy atom. The van der Waals surface area contributed by atoms with Crippen LogP contribution < -0.4 is 0 Å². The van der Waals surface area contributed by atoms with Crippen molar-refractivity contribution >= 4 is 33.9 Å². The molecule has 0 fully saturated rings. The molecule has 0 saturated carbocycles. The van der Waals surface area contributed by atoms with E-state index in [9.17, 15) is 5.26 Å². The van der Waals surface area contributed by atoms with E-state index in [0.717, 1.165) is 39.0 Å². The number of aromatic nitrogens is 2. The van der Waals surface area contributed by atoms with Gasteiger partial charge in [0, 0.05) is 16.5 Å². The van der Waals surface area contributed by atoms with Crippen molar-refractivity contribution in [3.63, 3.8) is 0 Å². The number of rotatable bonds is 4. The number of allylic oxidation sites excluding steroid dienone is 1. The Labute approximate surface area is 183 Å². The van der Waals surface area contributed by atoms with Crippen molar-refractivity contribution in [3.8, 4) is 28.7 Å². The highest BCUT2D eigenvalue weighted by Crippen LogP contribution is 2.31. The van der Waals surface area contributed by atoms with Crippen molar-refractivity contribution < 1.29 is 4.52 Å². The van der Waals surface area contributed by atoms with Crippen LogP contribution in [0.5, 0.6) is 0 Å². The van der Waals surface area contributed by atoms with E-state index in [2.05, 4.69) is 42.4 Å². The molecule has 0 N–H and O–H groups in total. The van der Waals surface area contributed by atoms with Crippen LogP contribution in [0.2, 0.25) is 0 Å². The second-order valence-corrected chi connectivity index (χ2v) is 8.09. The van der Waals surface area contributed by atoms with Gasteiger partial charge in [-0.1, -0.05) is 71.4 Å². The number of nitrogens with zero attached hydrogens (tertiary/aromatic N) is 3. The number of hydrogen-bond donors (Lipinski definition) is 0. The zero-order valence-electron chi connectivity index (χ0n) is 16.7. The third-order valence-corrected chi connectivity index (χ3v) is 5.93. The van der Waals surface area contributed by atoms with Gasteiger partial charge in [-0.25, -0.2) is 4.98 Å². The van der Waals surface area contributed by atoms with Crippen LogP contribution in [0.1, 0.15) is 16.1 Å². The molecule has 0 radical (unpaired) electrons. The average molecular weight is 420 g/mol. The van der Waals surface area contributed by atoms with Gasteiger partial charge in [-0.3, -0.25) is 0 Å². The predicted octanol–water partition coefficient (Wildman–Crippen LogP) is 6.99. The maximum atomic E-state index is 9.78. The summed E-state index contributed by atoms with van der Waals surface area (Å²) < 4.78 is 5.59. The first kappa shape index (κ1) is 19.0. The van der Waals surface area contributed by atoms with Crippen LogP contribution in [-0.2, 0) is 0 Å². The lowest BCUT2D eigenvalue weighted by Gasteiger charge is -1.99. The Balaban J connectivity index is 1.52. The van der Waals surface area contributed by atoms with Crippen LogP contribution in [0, 0.1) is 18.3 Å². The van der Waals surface area contributed by atoms with Crippen LogP contribution in [0.25, 0.3) is 45.1 Å². The van der Waals surface area contributed by atoms with E-state index >= 15 is 0 Å². The molecule has 0 amide bonds. The Morgan fingerprint density at radius 1 is 1.00 bits per heavy atom. The first-order valence-electron chi connectivity index (χ1n) is 9.81. The minimum atomic E-state index is 0.528. The number of thiazole rings is 1. The molecule has 0 spiro atoms. The van der Waals surface area contributed by atoms with Gasteiger partial charge in [0.1, 0.15) is 16.6 Å². The summed E-state index contributed by atoms with van der Waals surface area (Å²) in [7, 11) is 0. The van der Waals surface area contributed by atoms with E-state index in [1.54, 1.807) is 0 Å². The van der Waals surface area contributed by atoms with Gasteiger partial charge in [0.05, 0.1) is 16.7 Å². The fourth-order valence-corrected chi connectivity index (χ4v) is 4.20. The van der Waals surface area contributed by atoms with E-state index in [1.807, 2.05) is 60.0 Å². The summed E-state index contributed by atoms with van der Waals surface area (Å²) in [5, 5.41) is 17.5. The van der Waals surface area contributed by atoms with Crippen molar-refractivity contribution in [2.24, 2.45) is 0 Å². The van der Waals surface area contributed by atoms with Gasteiger partial charge in [-0.05, 0) is 30.7 Å². The molecule has 2 aromatic heterocycles. The molecular formula is C26H17N3OS. The van der Waals surface area contributed by atoms with Gasteiger partial charge in [-0.15, -0.1) is 11.3 Å². The van der Waals surface area contributed by atoms with Crippen molar-refractivity contribution in [1.82, 2.24) is 10.1 Å². The molecule has 31 heavy (non-hydrogen) atoms. The highest BCUT2D eigenvalue weighted by Gasteiger charge is 2.13. The first-order valence-corrected chi connectivity index (χ1v) is 10.7. The molecule has 0 bridgehead atoms. The quantitative estimate of drug-likeness (QED) is 0.294. The number of fused-ring (bicyclic) bond motifs is 1. The second kappa shape index (κ2) is 8.02. The van der Waals surface area contributed by atoms with Crippen LogP contribution >= 0.6 is 11.3 Å². The lowest BCUT2D eigenvalue weighted by atomic mass is 10.0. The van der Waals surface area contributed by atoms with Gasteiger partial charge in [0.25, 0.3) is 0 Å². The number of benzene rings is 3. The standard InChI is InChI=1S/C26H17N3OS/c1-17-7-10-19(11-8-17)24-16-31-26(28-24)21(15-27)13-18-9-12-23-22(14-18)25(30-29-23)20-5-3-2-4-6-20/h2-14,16H,1H3. The topological polar surface area (TPSA) is 62.7 Å². The number of hydrogen-bond acceptors (Lipinski definition) is 5. The van der Waals surface area contributed by atoms with Crippen molar-refractivity contribution in [1.29, 1.82) is 5.26 Å². The van der Waals surface area contributed by atoms with Crippen molar-refractivity contribution in [2.75, 3.05) is 0 Å². The van der Waals surface area contributed by atoms with Crippen LogP contribution in [0.3, 0.4) is 0 Å². The molecule has 0 unspecified atom stereocenters. The molecule has 5 rings (SSSR count). The summed E-state index contributed by atoms with van der Waals surface area (Å²) in [6.45, 7) is 2.06. The summed E-state index contributed by atoms with van der Waals surface area (Å²) in [6.07, 6.45) is 1.86. The smallest absolute Gasteiger partial charge is 0.174 e. The molecule has 0 saturated heterocycles. The van der Waals surface area contributed by atoms with E-state index in [1.165, 1.54) is 16.9 Å². The Bertz CT molecular complexity index is 1440. The zero-order valence-corrected chi connectivity index (χ0v) is 17.6. The highest BCUT2D eigenvalue weighted by atomic mass is 32.1. The zero-order chi connectivity index (χ0) is 21.2. The lowest BCUT2D eigenvalue weighted by molar-refractivity contribution is 0.441. The average Bonchev–Trinajstić information content (AvgIpc) is 3.46. The minimum absolute atomic E-state index is 0.528. The molecule has 4 nitrogen and oxygen atoms in total. The van der Waals surface area contributed by atoms with Crippen molar-refractivity contribution in [2.45, 2.75) is 6.92 Å². The summed E-state index contributed by atoms with van der Waals surface area (Å²) in [6, 6.07) is 26.3. The van der Waals surface area contributed by atoms with Gasteiger partial charge in [-0.2, -0.15) is 5.26 Å². The normalized spacial score (nSPS) is 11.5. The third kappa shape index (κ3) is 3.77. The van der Waals surface area contributed by atoms with E-state index < -0.39 is 0 Å². The first-order chi connectivity index (χ1) is 15.2. The maximum absolute atomic E-state index is 9.78. The lowest BCUT2D eigenvalue weighted by Crippen LogP contribution is -1.84. The summed E-state index contributed by atoms with van der Waals surface area (Å²) in [5.74, 6) is 0.722. The molecule has 0 aliphatic heterocycles. The number of nitriles is 1. The van der Waals surface area contributed by atoms with E-state index in [0.29, 0.717) is 10.6 Å². The van der Waals surface area contributed by atoms with Gasteiger partial charge >= 0.3 is 0 Å². The molecule has 5 heteroatoms. The number of aryl methyl sites for hydroxylation is 1. The highest BCUT2D eigenvalue weighted by molar-refractivity contribution is 7.11. The maximum Gasteiger partial charge on any atom is 0.174 e. The van der Waals surface area contributed by atoms with Crippen LogP contribution in [0.15, 0.2) is 82.7 Å².